The Balaban J connectivity index is 1.45. The number of ether oxygens (including phenoxy) is 1. The molecule has 0 radical (unpaired) electrons. The predicted molar refractivity (Wildman–Crippen MR) is 101 cm³/mol. The second-order valence-corrected chi connectivity index (χ2v) is 6.48. The van der Waals surface area contributed by atoms with E-state index >= 15 is 0 Å². The minimum Gasteiger partial charge on any atom is -0.451 e. The highest BCUT2D eigenvalue weighted by atomic mass is 32.1. The van der Waals surface area contributed by atoms with Crippen molar-refractivity contribution in [2.45, 2.75) is 13.3 Å². The van der Waals surface area contributed by atoms with Crippen LogP contribution in [0.3, 0.4) is 0 Å². The highest BCUT2D eigenvalue weighted by Gasteiger charge is 2.18. The highest BCUT2D eigenvalue weighted by molar-refractivity contribution is 7.80. The van der Waals surface area contributed by atoms with E-state index in [0.29, 0.717) is 16.5 Å². The quantitative estimate of drug-likeness (QED) is 0.628. The maximum atomic E-state index is 12.4. The van der Waals surface area contributed by atoms with Gasteiger partial charge in [0.1, 0.15) is 5.58 Å². The maximum Gasteiger partial charge on any atom is 0.293 e. The normalized spacial score (nSPS) is 15.2. The molecule has 134 valence electrons. The zero-order valence-electron chi connectivity index (χ0n) is 14.3. The highest BCUT2D eigenvalue weighted by Crippen LogP contribution is 2.24. The number of nitrogens with zero attached hydrogens (tertiary/aromatic N) is 1. The summed E-state index contributed by atoms with van der Waals surface area (Å²) in [6, 6.07) is 7.59. The molecule has 0 saturated carbocycles. The smallest absolute Gasteiger partial charge is 0.293 e. The van der Waals surface area contributed by atoms with Gasteiger partial charge in [0.25, 0.3) is 5.91 Å². The fourth-order valence-corrected chi connectivity index (χ4v) is 3.12. The molecule has 3 rings (SSSR count). The number of furan rings is 1. The number of carbonyl (C=O) groups excluding carboxylic acids is 1. The number of hydrogen-bond donors (Lipinski definition) is 2. The Kier molecular flexibility index (Phi) is 6.01. The summed E-state index contributed by atoms with van der Waals surface area (Å²) < 4.78 is 11.0. The van der Waals surface area contributed by atoms with Crippen LogP contribution in [0.25, 0.3) is 11.0 Å². The minimum absolute atomic E-state index is 0.304. The number of para-hydroxylation sites is 1. The van der Waals surface area contributed by atoms with Crippen LogP contribution < -0.4 is 10.6 Å². The third-order valence-corrected chi connectivity index (χ3v) is 4.56. The Morgan fingerprint density at radius 1 is 1.28 bits per heavy atom. The molecule has 0 aliphatic carbocycles. The molecule has 7 heteroatoms. The molecular formula is C18H23N3O3S. The van der Waals surface area contributed by atoms with Crippen LogP contribution in [0.2, 0.25) is 0 Å². The summed E-state index contributed by atoms with van der Waals surface area (Å²) in [6.07, 6.45) is 0.958. The summed E-state index contributed by atoms with van der Waals surface area (Å²) >= 11 is 5.21. The molecule has 2 heterocycles. The molecule has 1 fully saturated rings. The minimum atomic E-state index is -0.320. The van der Waals surface area contributed by atoms with Crippen LogP contribution in [0.15, 0.2) is 28.7 Å². The van der Waals surface area contributed by atoms with Crippen molar-refractivity contribution in [1.29, 1.82) is 0 Å². The lowest BCUT2D eigenvalue weighted by Crippen LogP contribution is -2.41. The lowest BCUT2D eigenvalue weighted by molar-refractivity contribution is 0.0376. The van der Waals surface area contributed by atoms with E-state index < -0.39 is 0 Å². The Labute approximate surface area is 152 Å². The maximum absolute atomic E-state index is 12.4. The summed E-state index contributed by atoms with van der Waals surface area (Å²) in [6.45, 7) is 7.15. The molecule has 25 heavy (non-hydrogen) atoms. The van der Waals surface area contributed by atoms with E-state index in [2.05, 4.69) is 15.5 Å². The average Bonchev–Trinajstić information content (AvgIpc) is 2.97. The van der Waals surface area contributed by atoms with Crippen molar-refractivity contribution in [2.24, 2.45) is 0 Å². The number of rotatable bonds is 5. The SMILES string of the molecule is Cc1c(C(=O)NC(=S)NCCCN2CCOCC2)oc2ccccc12. The molecule has 2 aromatic rings. The summed E-state index contributed by atoms with van der Waals surface area (Å²) in [7, 11) is 0. The number of fused-ring (bicyclic) bond motifs is 1. The van der Waals surface area contributed by atoms with Gasteiger partial charge in [0.05, 0.1) is 13.2 Å². The monoisotopic (exact) mass is 361 g/mol. The number of morpholine rings is 1. The van der Waals surface area contributed by atoms with Crippen LogP contribution in [0.1, 0.15) is 22.5 Å². The van der Waals surface area contributed by atoms with Gasteiger partial charge in [-0.1, -0.05) is 18.2 Å². The van der Waals surface area contributed by atoms with E-state index in [1.165, 1.54) is 0 Å². The van der Waals surface area contributed by atoms with E-state index in [1.54, 1.807) is 0 Å². The van der Waals surface area contributed by atoms with E-state index in [1.807, 2.05) is 31.2 Å². The first-order valence-corrected chi connectivity index (χ1v) is 8.93. The van der Waals surface area contributed by atoms with Gasteiger partial charge >= 0.3 is 0 Å². The Hall–Kier alpha value is -1.96. The number of nitrogens with one attached hydrogen (secondary N) is 2. The standard InChI is InChI=1S/C18H23N3O3S/c1-13-14-5-2-3-6-15(14)24-16(13)17(22)20-18(25)19-7-4-8-21-9-11-23-12-10-21/h2-3,5-6H,4,7-12H2,1H3,(H2,19,20,22,25). The van der Waals surface area contributed by atoms with Gasteiger partial charge in [-0.2, -0.15) is 0 Å². The first-order chi connectivity index (χ1) is 12.1. The lowest BCUT2D eigenvalue weighted by Gasteiger charge is -2.26. The molecule has 1 aliphatic heterocycles. The number of aryl methyl sites for hydroxylation is 1. The van der Waals surface area contributed by atoms with Gasteiger partial charge in [0, 0.05) is 30.6 Å². The number of hydrogen-bond acceptors (Lipinski definition) is 5. The topological polar surface area (TPSA) is 66.7 Å². The zero-order valence-corrected chi connectivity index (χ0v) is 15.2. The number of benzene rings is 1. The molecule has 0 atom stereocenters. The first-order valence-electron chi connectivity index (χ1n) is 8.52. The number of amides is 1. The summed E-state index contributed by atoms with van der Waals surface area (Å²) in [5.41, 5.74) is 1.53. The Bertz CT molecular complexity index is 753. The van der Waals surface area contributed by atoms with Gasteiger partial charge in [-0.15, -0.1) is 0 Å². The van der Waals surface area contributed by atoms with Crippen LogP contribution in [0, 0.1) is 6.92 Å². The third-order valence-electron chi connectivity index (χ3n) is 4.32. The van der Waals surface area contributed by atoms with E-state index in [-0.39, 0.29) is 5.91 Å². The number of carbonyl (C=O) groups is 1. The molecule has 1 aliphatic rings. The lowest BCUT2D eigenvalue weighted by atomic mass is 10.1. The van der Waals surface area contributed by atoms with E-state index in [9.17, 15) is 4.79 Å². The third kappa shape index (κ3) is 4.56. The van der Waals surface area contributed by atoms with Crippen molar-refractivity contribution < 1.29 is 13.9 Å². The van der Waals surface area contributed by atoms with Crippen LogP contribution in [0.5, 0.6) is 0 Å². The fraction of sp³-hybridized carbons (Fsp3) is 0.444. The molecule has 0 spiro atoms. The molecule has 1 saturated heterocycles. The fourth-order valence-electron chi connectivity index (χ4n) is 2.92. The van der Waals surface area contributed by atoms with Gasteiger partial charge in [-0.05, 0) is 38.2 Å². The van der Waals surface area contributed by atoms with Crippen molar-refractivity contribution in [3.63, 3.8) is 0 Å². The molecule has 0 bridgehead atoms. The second-order valence-electron chi connectivity index (χ2n) is 6.07. The Morgan fingerprint density at radius 2 is 2.04 bits per heavy atom. The average molecular weight is 361 g/mol. The van der Waals surface area contributed by atoms with E-state index in [0.717, 1.165) is 56.8 Å². The zero-order chi connectivity index (χ0) is 17.6. The van der Waals surface area contributed by atoms with Gasteiger partial charge < -0.3 is 14.5 Å². The molecule has 6 nitrogen and oxygen atoms in total. The molecule has 1 aromatic heterocycles. The van der Waals surface area contributed by atoms with Crippen molar-refractivity contribution in [3.05, 3.63) is 35.6 Å². The molecule has 1 amide bonds. The van der Waals surface area contributed by atoms with Crippen LogP contribution in [-0.2, 0) is 4.74 Å². The van der Waals surface area contributed by atoms with Gasteiger partial charge in [0.15, 0.2) is 10.9 Å². The largest absolute Gasteiger partial charge is 0.451 e. The molecule has 0 unspecified atom stereocenters. The summed E-state index contributed by atoms with van der Waals surface area (Å²) in [4.78, 5) is 14.7. The van der Waals surface area contributed by atoms with Crippen molar-refractivity contribution >= 4 is 34.2 Å². The van der Waals surface area contributed by atoms with Gasteiger partial charge in [0.2, 0.25) is 0 Å². The van der Waals surface area contributed by atoms with E-state index in [4.69, 9.17) is 21.4 Å². The van der Waals surface area contributed by atoms with Crippen LogP contribution in [-0.4, -0.2) is 55.3 Å². The van der Waals surface area contributed by atoms with Crippen molar-refractivity contribution in [3.8, 4) is 0 Å². The Morgan fingerprint density at radius 3 is 2.80 bits per heavy atom. The van der Waals surface area contributed by atoms with Crippen LogP contribution >= 0.6 is 12.2 Å². The first kappa shape index (κ1) is 17.8. The second kappa shape index (κ2) is 8.42. The summed E-state index contributed by atoms with van der Waals surface area (Å²) in [5, 5.41) is 7.03. The van der Waals surface area contributed by atoms with Gasteiger partial charge in [-0.25, -0.2) is 0 Å². The van der Waals surface area contributed by atoms with Crippen LogP contribution in [0.4, 0.5) is 0 Å². The number of thiocarbonyl (C=S) groups is 1. The van der Waals surface area contributed by atoms with Crippen molar-refractivity contribution in [2.75, 3.05) is 39.4 Å². The molecular weight excluding hydrogens is 338 g/mol. The predicted octanol–water partition coefficient (Wildman–Crippen LogP) is 2.07. The van der Waals surface area contributed by atoms with Crippen molar-refractivity contribution in [1.82, 2.24) is 15.5 Å². The molecule has 2 N–H and O–H groups in total. The summed E-state index contributed by atoms with van der Waals surface area (Å²) in [5.74, 6) is -0.0157. The van der Waals surface area contributed by atoms with Gasteiger partial charge in [-0.3, -0.25) is 15.0 Å². The molecule has 1 aromatic carbocycles.